The van der Waals surface area contributed by atoms with E-state index in [0.29, 0.717) is 12.6 Å². The Labute approximate surface area is 75.9 Å². The molecule has 0 aliphatic carbocycles. The van der Waals surface area contributed by atoms with Crippen LogP contribution in [0.2, 0.25) is 0 Å². The third-order valence-corrected chi connectivity index (χ3v) is 4.06. The molecule has 3 heteroatoms. The van der Waals surface area contributed by atoms with Crippen LogP contribution in [-0.2, 0) is 0 Å². The molecular formula is C9H15N2P. The van der Waals surface area contributed by atoms with E-state index in [1.54, 1.807) is 0 Å². The Bertz CT molecular complexity index is 178. The monoisotopic (exact) mass is 182 g/mol. The van der Waals surface area contributed by atoms with Crippen molar-refractivity contribution in [2.75, 3.05) is 18.5 Å². The van der Waals surface area contributed by atoms with E-state index in [1.807, 2.05) is 0 Å². The van der Waals surface area contributed by atoms with Gasteiger partial charge in [-0.2, -0.15) is 10.5 Å². The van der Waals surface area contributed by atoms with Crippen LogP contribution in [0.1, 0.15) is 26.2 Å². The van der Waals surface area contributed by atoms with Gasteiger partial charge < -0.3 is 0 Å². The molecule has 0 spiro atoms. The molecule has 0 saturated carbocycles. The van der Waals surface area contributed by atoms with Gasteiger partial charge >= 0.3 is 0 Å². The van der Waals surface area contributed by atoms with Crippen LogP contribution in [0.15, 0.2) is 0 Å². The average Bonchev–Trinajstić information content (AvgIpc) is 2.10. The molecule has 0 aliphatic rings. The highest BCUT2D eigenvalue weighted by molar-refractivity contribution is 7.57. The molecule has 12 heavy (non-hydrogen) atoms. The van der Waals surface area contributed by atoms with Crippen molar-refractivity contribution in [2.24, 2.45) is 0 Å². The van der Waals surface area contributed by atoms with Crippen LogP contribution in [-0.4, -0.2) is 18.5 Å². The lowest BCUT2D eigenvalue weighted by Crippen LogP contribution is -1.92. The van der Waals surface area contributed by atoms with Crippen LogP contribution >= 0.6 is 7.92 Å². The van der Waals surface area contributed by atoms with Gasteiger partial charge in [-0.15, -0.1) is 0 Å². The average molecular weight is 182 g/mol. The van der Waals surface area contributed by atoms with Gasteiger partial charge in [0.15, 0.2) is 0 Å². The summed E-state index contributed by atoms with van der Waals surface area (Å²) < 4.78 is 0. The second-order valence-corrected chi connectivity index (χ2v) is 5.25. The minimum absolute atomic E-state index is 0.156. The predicted molar refractivity (Wildman–Crippen MR) is 52.3 cm³/mol. The Balaban J connectivity index is 3.57. The maximum absolute atomic E-state index is 8.52. The highest BCUT2D eigenvalue weighted by Crippen LogP contribution is 2.36. The van der Waals surface area contributed by atoms with Crippen molar-refractivity contribution in [3.05, 3.63) is 0 Å². The van der Waals surface area contributed by atoms with Gasteiger partial charge in [-0.25, -0.2) is 0 Å². The zero-order chi connectivity index (χ0) is 9.23. The van der Waals surface area contributed by atoms with Gasteiger partial charge in [0, 0.05) is 6.42 Å². The molecule has 0 aromatic heterocycles. The zero-order valence-corrected chi connectivity index (χ0v) is 8.48. The molecule has 0 aromatic carbocycles. The molecule has 0 saturated heterocycles. The molecule has 2 nitrogen and oxygen atoms in total. The Kier molecular flexibility index (Phi) is 8.09. The summed E-state index contributed by atoms with van der Waals surface area (Å²) in [5, 5.41) is 16.9. The first kappa shape index (κ1) is 11.4. The number of unbranched alkanes of at least 4 members (excludes halogenated alkanes) is 1. The van der Waals surface area contributed by atoms with E-state index in [-0.39, 0.29) is 7.92 Å². The van der Waals surface area contributed by atoms with E-state index in [4.69, 9.17) is 10.5 Å². The summed E-state index contributed by atoms with van der Waals surface area (Å²) in [5.41, 5.74) is 0. The quantitative estimate of drug-likeness (QED) is 0.593. The van der Waals surface area contributed by atoms with Gasteiger partial charge in [0.05, 0.1) is 18.3 Å². The summed E-state index contributed by atoms with van der Waals surface area (Å²) in [6.07, 6.45) is 5.82. The molecule has 0 heterocycles. The first-order chi connectivity index (χ1) is 5.85. The van der Waals surface area contributed by atoms with Crippen molar-refractivity contribution in [1.29, 1.82) is 10.5 Å². The van der Waals surface area contributed by atoms with Gasteiger partial charge in [-0.05, 0) is 18.7 Å². The summed E-state index contributed by atoms with van der Waals surface area (Å²) in [6, 6.07) is 4.34. The number of rotatable bonds is 6. The third-order valence-electron chi connectivity index (χ3n) is 1.66. The molecule has 1 atom stereocenters. The Morgan fingerprint density at radius 3 is 2.42 bits per heavy atom. The van der Waals surface area contributed by atoms with Gasteiger partial charge in [-0.1, -0.05) is 21.3 Å². The van der Waals surface area contributed by atoms with E-state index in [0.717, 1.165) is 6.16 Å². The van der Waals surface area contributed by atoms with Crippen molar-refractivity contribution in [2.45, 2.75) is 26.2 Å². The van der Waals surface area contributed by atoms with Crippen molar-refractivity contribution in [3.8, 4) is 12.1 Å². The van der Waals surface area contributed by atoms with E-state index >= 15 is 0 Å². The molecule has 66 valence electrons. The fourth-order valence-electron chi connectivity index (χ4n) is 0.960. The molecular weight excluding hydrogens is 167 g/mol. The minimum Gasteiger partial charge on any atom is -0.198 e. The molecule has 0 aliphatic heterocycles. The largest absolute Gasteiger partial charge is 0.198 e. The fraction of sp³-hybridized carbons (Fsp3) is 0.778. The summed E-state index contributed by atoms with van der Waals surface area (Å²) in [7, 11) is -0.156. The maximum Gasteiger partial charge on any atom is 0.0668 e. The van der Waals surface area contributed by atoms with Gasteiger partial charge in [0.1, 0.15) is 0 Å². The summed E-state index contributed by atoms with van der Waals surface area (Å²) in [5.74, 6) is 0. The first-order valence-corrected chi connectivity index (χ1v) is 6.21. The lowest BCUT2D eigenvalue weighted by atomic mass is 10.4. The topological polar surface area (TPSA) is 47.6 Å². The SMILES string of the molecule is CCCCP(CC#N)CCC#N. The van der Waals surface area contributed by atoms with Gasteiger partial charge in [-0.3, -0.25) is 0 Å². The van der Waals surface area contributed by atoms with Crippen LogP contribution < -0.4 is 0 Å². The van der Waals surface area contributed by atoms with Crippen molar-refractivity contribution < 1.29 is 0 Å². The highest BCUT2D eigenvalue weighted by atomic mass is 31.1. The highest BCUT2D eigenvalue weighted by Gasteiger charge is 2.05. The lowest BCUT2D eigenvalue weighted by Gasteiger charge is -2.10. The lowest BCUT2D eigenvalue weighted by molar-refractivity contribution is 0.889. The summed E-state index contributed by atoms with van der Waals surface area (Å²) in [4.78, 5) is 0. The molecule has 0 rings (SSSR count). The molecule has 0 N–H and O–H groups in total. The second kappa shape index (κ2) is 8.51. The van der Waals surface area contributed by atoms with Crippen molar-refractivity contribution >= 4 is 7.92 Å². The van der Waals surface area contributed by atoms with E-state index in [9.17, 15) is 0 Å². The van der Waals surface area contributed by atoms with Crippen molar-refractivity contribution in [1.82, 2.24) is 0 Å². The standard InChI is InChI=1S/C9H15N2P/c1-2-3-7-12(9-6-11)8-4-5-10/h2-4,7-9H2,1H3. The Morgan fingerprint density at radius 1 is 1.17 bits per heavy atom. The number of nitrogens with zero attached hydrogens (tertiary/aromatic N) is 2. The van der Waals surface area contributed by atoms with Gasteiger partial charge in [0.2, 0.25) is 0 Å². The van der Waals surface area contributed by atoms with Crippen LogP contribution in [0.3, 0.4) is 0 Å². The minimum atomic E-state index is -0.156. The van der Waals surface area contributed by atoms with E-state index < -0.39 is 0 Å². The van der Waals surface area contributed by atoms with Gasteiger partial charge in [0.25, 0.3) is 0 Å². The number of hydrogen-bond donors (Lipinski definition) is 0. The third kappa shape index (κ3) is 6.14. The van der Waals surface area contributed by atoms with Crippen LogP contribution in [0.25, 0.3) is 0 Å². The summed E-state index contributed by atoms with van der Waals surface area (Å²) >= 11 is 0. The molecule has 1 unspecified atom stereocenters. The Hall–Kier alpha value is -0.590. The maximum atomic E-state index is 8.52. The van der Waals surface area contributed by atoms with Crippen LogP contribution in [0.5, 0.6) is 0 Å². The molecule has 0 aromatic rings. The fourth-order valence-corrected chi connectivity index (χ4v) is 2.88. The molecule has 0 bridgehead atoms. The Morgan fingerprint density at radius 2 is 1.92 bits per heavy atom. The number of nitriles is 2. The zero-order valence-electron chi connectivity index (χ0n) is 7.58. The van der Waals surface area contributed by atoms with Crippen LogP contribution in [0, 0.1) is 22.7 Å². The van der Waals surface area contributed by atoms with E-state index in [1.165, 1.54) is 19.0 Å². The number of hydrogen-bond acceptors (Lipinski definition) is 2. The molecule has 0 radical (unpaired) electrons. The van der Waals surface area contributed by atoms with Crippen LogP contribution in [0.4, 0.5) is 0 Å². The molecule has 0 amide bonds. The smallest absolute Gasteiger partial charge is 0.0668 e. The summed E-state index contributed by atoms with van der Waals surface area (Å²) in [6.45, 7) is 2.16. The van der Waals surface area contributed by atoms with Crippen molar-refractivity contribution in [3.63, 3.8) is 0 Å². The predicted octanol–water partition coefficient (Wildman–Crippen LogP) is 2.71. The van der Waals surface area contributed by atoms with E-state index in [2.05, 4.69) is 19.1 Å². The second-order valence-electron chi connectivity index (χ2n) is 2.70. The normalized spacial score (nSPS) is 11.6. The first-order valence-electron chi connectivity index (χ1n) is 4.31. The molecule has 0 fully saturated rings.